The monoisotopic (exact) mass is 372 g/mol. The van der Waals surface area contributed by atoms with Gasteiger partial charge in [0.15, 0.2) is 0 Å². The SMILES string of the molecule is COc1ccc(Cl)c(C(COC=O)c2c[nH]c(-c3ccnc(N)n3)c2)c1. The maximum atomic E-state index is 10.7. The Labute approximate surface area is 155 Å². The second-order valence-electron chi connectivity index (χ2n) is 5.52. The summed E-state index contributed by atoms with van der Waals surface area (Å²) in [6.07, 6.45) is 3.41. The van der Waals surface area contributed by atoms with Crippen LogP contribution in [0.2, 0.25) is 5.02 Å². The predicted octanol–water partition coefficient (Wildman–Crippen LogP) is 3.02. The van der Waals surface area contributed by atoms with Crippen molar-refractivity contribution in [2.75, 3.05) is 19.5 Å². The lowest BCUT2D eigenvalue weighted by Gasteiger charge is -2.17. The summed E-state index contributed by atoms with van der Waals surface area (Å²) in [7, 11) is 1.58. The molecule has 2 aromatic heterocycles. The number of aromatic nitrogens is 3. The quantitative estimate of drug-likeness (QED) is 0.618. The molecule has 0 aliphatic heterocycles. The van der Waals surface area contributed by atoms with Crippen LogP contribution < -0.4 is 10.5 Å². The number of hydrogen-bond donors (Lipinski definition) is 2. The van der Waals surface area contributed by atoms with Crippen molar-refractivity contribution in [3.8, 4) is 17.1 Å². The van der Waals surface area contributed by atoms with Crippen LogP contribution in [0.15, 0.2) is 42.7 Å². The zero-order valence-electron chi connectivity index (χ0n) is 14.0. The molecular weight excluding hydrogens is 356 g/mol. The topological polar surface area (TPSA) is 103 Å². The Hall–Kier alpha value is -3.06. The normalized spacial score (nSPS) is 11.8. The molecule has 3 N–H and O–H groups in total. The molecule has 26 heavy (non-hydrogen) atoms. The smallest absolute Gasteiger partial charge is 0.293 e. The number of anilines is 1. The van der Waals surface area contributed by atoms with E-state index in [1.165, 1.54) is 0 Å². The summed E-state index contributed by atoms with van der Waals surface area (Å²) in [5.74, 6) is 0.585. The van der Waals surface area contributed by atoms with Gasteiger partial charge < -0.3 is 20.2 Å². The van der Waals surface area contributed by atoms with Crippen molar-refractivity contribution >= 4 is 24.0 Å². The Morgan fingerprint density at radius 3 is 2.92 bits per heavy atom. The highest BCUT2D eigenvalue weighted by atomic mass is 35.5. The minimum Gasteiger partial charge on any atom is -0.497 e. The van der Waals surface area contributed by atoms with E-state index in [0.29, 0.717) is 22.9 Å². The Kier molecular flexibility index (Phi) is 5.38. The van der Waals surface area contributed by atoms with Crippen molar-refractivity contribution in [1.29, 1.82) is 0 Å². The largest absolute Gasteiger partial charge is 0.497 e. The lowest BCUT2D eigenvalue weighted by molar-refractivity contribution is -0.128. The average Bonchev–Trinajstić information content (AvgIpc) is 3.13. The van der Waals surface area contributed by atoms with Gasteiger partial charge in [-0.25, -0.2) is 9.97 Å². The van der Waals surface area contributed by atoms with E-state index in [4.69, 9.17) is 26.8 Å². The van der Waals surface area contributed by atoms with Crippen LogP contribution in [0.5, 0.6) is 5.75 Å². The summed E-state index contributed by atoms with van der Waals surface area (Å²) in [4.78, 5) is 22.0. The first kappa shape index (κ1) is 17.8. The van der Waals surface area contributed by atoms with Crippen molar-refractivity contribution in [2.24, 2.45) is 0 Å². The van der Waals surface area contributed by atoms with Crippen LogP contribution >= 0.6 is 11.6 Å². The van der Waals surface area contributed by atoms with Gasteiger partial charge in [0.05, 0.1) is 18.5 Å². The summed E-state index contributed by atoms with van der Waals surface area (Å²) < 4.78 is 10.3. The first-order valence-corrected chi connectivity index (χ1v) is 8.16. The van der Waals surface area contributed by atoms with Crippen LogP contribution in [0, 0.1) is 0 Å². The van der Waals surface area contributed by atoms with Crippen LogP contribution in [0.25, 0.3) is 11.4 Å². The van der Waals surface area contributed by atoms with Crippen LogP contribution in [-0.4, -0.2) is 35.1 Å². The van der Waals surface area contributed by atoms with E-state index < -0.39 is 0 Å². The van der Waals surface area contributed by atoms with Gasteiger partial charge in [0.1, 0.15) is 12.4 Å². The van der Waals surface area contributed by atoms with Crippen LogP contribution in [0.4, 0.5) is 5.95 Å². The lowest BCUT2D eigenvalue weighted by Crippen LogP contribution is -2.09. The standard InChI is InChI=1S/C18H17ClN4O3/c1-25-12-2-3-15(19)13(7-12)14(9-26-10-24)11-6-17(22-8-11)16-4-5-21-18(20)23-16/h2-8,10,14,22H,9H2,1H3,(H2,20,21,23). The molecule has 3 rings (SSSR count). The van der Waals surface area contributed by atoms with E-state index in [1.54, 1.807) is 31.5 Å². The van der Waals surface area contributed by atoms with E-state index in [-0.39, 0.29) is 18.5 Å². The number of H-pyrrole nitrogens is 1. The van der Waals surface area contributed by atoms with Crippen molar-refractivity contribution in [3.63, 3.8) is 0 Å². The number of nitrogen functional groups attached to an aromatic ring is 1. The lowest BCUT2D eigenvalue weighted by atomic mass is 9.93. The molecule has 1 unspecified atom stereocenters. The fourth-order valence-electron chi connectivity index (χ4n) is 2.70. The highest BCUT2D eigenvalue weighted by molar-refractivity contribution is 6.31. The third-order valence-corrected chi connectivity index (χ3v) is 4.31. The van der Waals surface area contributed by atoms with Crippen LogP contribution in [0.1, 0.15) is 17.0 Å². The molecule has 0 aliphatic carbocycles. The molecule has 0 fully saturated rings. The zero-order chi connectivity index (χ0) is 18.5. The minimum atomic E-state index is -0.271. The third kappa shape index (κ3) is 3.78. The molecular formula is C18H17ClN4O3. The molecule has 0 saturated heterocycles. The molecule has 1 atom stereocenters. The minimum absolute atomic E-state index is 0.138. The van der Waals surface area contributed by atoms with Gasteiger partial charge in [-0.15, -0.1) is 0 Å². The molecule has 0 aliphatic rings. The number of rotatable bonds is 7. The van der Waals surface area contributed by atoms with Crippen LogP contribution in [0.3, 0.4) is 0 Å². The second-order valence-corrected chi connectivity index (χ2v) is 5.92. The van der Waals surface area contributed by atoms with Gasteiger partial charge in [-0.3, -0.25) is 4.79 Å². The summed E-state index contributed by atoms with van der Waals surface area (Å²) in [5, 5.41) is 0.555. The molecule has 0 radical (unpaired) electrons. The molecule has 0 spiro atoms. The maximum absolute atomic E-state index is 10.7. The van der Waals surface area contributed by atoms with Gasteiger partial charge in [-0.1, -0.05) is 11.6 Å². The van der Waals surface area contributed by atoms with Crippen molar-refractivity contribution in [3.05, 3.63) is 58.9 Å². The number of benzene rings is 1. The van der Waals surface area contributed by atoms with E-state index in [0.717, 1.165) is 16.8 Å². The maximum Gasteiger partial charge on any atom is 0.293 e. The molecule has 7 nitrogen and oxygen atoms in total. The number of ether oxygens (including phenoxy) is 2. The van der Waals surface area contributed by atoms with E-state index in [2.05, 4.69) is 15.0 Å². The van der Waals surface area contributed by atoms with Crippen molar-refractivity contribution in [2.45, 2.75) is 5.92 Å². The summed E-state index contributed by atoms with van der Waals surface area (Å²) in [6.45, 7) is 0.555. The highest BCUT2D eigenvalue weighted by Gasteiger charge is 2.21. The molecule has 1 aromatic carbocycles. The van der Waals surface area contributed by atoms with Gasteiger partial charge >= 0.3 is 0 Å². The van der Waals surface area contributed by atoms with Crippen LogP contribution in [-0.2, 0) is 9.53 Å². The first-order chi connectivity index (χ1) is 12.6. The molecule has 8 heteroatoms. The molecule has 0 saturated carbocycles. The number of halogens is 1. The fraction of sp³-hybridized carbons (Fsp3) is 0.167. The molecule has 0 amide bonds. The number of aromatic amines is 1. The third-order valence-electron chi connectivity index (χ3n) is 3.97. The highest BCUT2D eigenvalue weighted by Crippen LogP contribution is 2.34. The Morgan fingerprint density at radius 2 is 2.19 bits per heavy atom. The molecule has 3 aromatic rings. The number of hydrogen-bond acceptors (Lipinski definition) is 6. The van der Waals surface area contributed by atoms with E-state index in [9.17, 15) is 4.79 Å². The summed E-state index contributed by atoms with van der Waals surface area (Å²) >= 11 is 6.37. The van der Waals surface area contributed by atoms with Crippen molar-refractivity contribution < 1.29 is 14.3 Å². The van der Waals surface area contributed by atoms with Gasteiger partial charge in [-0.05, 0) is 41.5 Å². The van der Waals surface area contributed by atoms with Gasteiger partial charge in [0, 0.05) is 23.3 Å². The number of nitrogens with two attached hydrogens (primary N) is 1. The van der Waals surface area contributed by atoms with Gasteiger partial charge in [0.2, 0.25) is 5.95 Å². The average molecular weight is 373 g/mol. The second kappa shape index (κ2) is 7.88. The number of carbonyl (C=O) groups excluding carboxylic acids is 1. The Morgan fingerprint density at radius 1 is 1.35 bits per heavy atom. The Balaban J connectivity index is 2.00. The van der Waals surface area contributed by atoms with Gasteiger partial charge in [0.25, 0.3) is 6.47 Å². The zero-order valence-corrected chi connectivity index (χ0v) is 14.7. The number of carbonyl (C=O) groups is 1. The molecule has 2 heterocycles. The van der Waals surface area contributed by atoms with E-state index >= 15 is 0 Å². The van der Waals surface area contributed by atoms with E-state index in [1.807, 2.05) is 18.3 Å². The molecule has 134 valence electrons. The predicted molar refractivity (Wildman–Crippen MR) is 98.1 cm³/mol. The fourth-order valence-corrected chi connectivity index (χ4v) is 2.95. The number of methoxy groups -OCH3 is 1. The summed E-state index contributed by atoms with van der Waals surface area (Å²) in [5.41, 5.74) is 8.75. The molecule has 0 bridgehead atoms. The number of nitrogens with one attached hydrogen (secondary N) is 1. The first-order valence-electron chi connectivity index (χ1n) is 7.78. The Bertz CT molecular complexity index is 913. The van der Waals surface area contributed by atoms with Crippen molar-refractivity contribution in [1.82, 2.24) is 15.0 Å². The summed E-state index contributed by atoms with van der Waals surface area (Å²) in [6, 6.07) is 9.02. The van der Waals surface area contributed by atoms with Gasteiger partial charge in [-0.2, -0.15) is 0 Å². The number of nitrogens with zero attached hydrogens (tertiary/aromatic N) is 2.